The Balaban J connectivity index is 1.94. The summed E-state index contributed by atoms with van der Waals surface area (Å²) >= 11 is 0. The standard InChI is InChI=1S/C18H16FN3O4S/c1-12-5-6-15(19)16(9-12)27(25,26)21-14-4-2-3-13(10-14)18-20-7-8-22(18)11-17(23)24/h2-10,21H,11H2,1H3,(H,23,24). The fourth-order valence-electron chi connectivity index (χ4n) is 2.59. The number of benzene rings is 2. The SMILES string of the molecule is Cc1ccc(F)c(S(=O)(=O)Nc2cccc(-c3nccn3CC(=O)O)c2)c1. The number of aromatic nitrogens is 2. The predicted octanol–water partition coefficient (Wildman–Crippen LogP) is 2.88. The van der Waals surface area contributed by atoms with Gasteiger partial charge >= 0.3 is 5.97 Å². The van der Waals surface area contributed by atoms with Crippen molar-refractivity contribution in [1.29, 1.82) is 0 Å². The fraction of sp³-hybridized carbons (Fsp3) is 0.111. The van der Waals surface area contributed by atoms with Gasteiger partial charge in [-0.15, -0.1) is 0 Å². The maximum absolute atomic E-state index is 14.0. The first-order valence-electron chi connectivity index (χ1n) is 7.88. The Morgan fingerprint density at radius 2 is 2.04 bits per heavy atom. The summed E-state index contributed by atoms with van der Waals surface area (Å²) in [6.45, 7) is 1.39. The molecule has 0 saturated heterocycles. The quantitative estimate of drug-likeness (QED) is 0.675. The summed E-state index contributed by atoms with van der Waals surface area (Å²) in [4.78, 5) is 14.6. The molecular formula is C18H16FN3O4S. The van der Waals surface area contributed by atoms with Gasteiger partial charge in [-0.1, -0.05) is 18.2 Å². The van der Waals surface area contributed by atoms with Crippen LogP contribution in [0.1, 0.15) is 5.56 Å². The molecule has 0 saturated carbocycles. The molecular weight excluding hydrogens is 373 g/mol. The maximum Gasteiger partial charge on any atom is 0.323 e. The molecule has 3 rings (SSSR count). The molecule has 0 fully saturated rings. The van der Waals surface area contributed by atoms with Crippen LogP contribution < -0.4 is 4.72 Å². The Hall–Kier alpha value is -3.20. The highest BCUT2D eigenvalue weighted by atomic mass is 32.2. The first-order valence-corrected chi connectivity index (χ1v) is 9.37. The van der Waals surface area contributed by atoms with E-state index in [9.17, 15) is 17.6 Å². The van der Waals surface area contributed by atoms with Crippen LogP contribution in [0.15, 0.2) is 59.8 Å². The van der Waals surface area contributed by atoms with Crippen molar-refractivity contribution in [1.82, 2.24) is 9.55 Å². The highest BCUT2D eigenvalue weighted by Gasteiger charge is 2.20. The molecule has 0 atom stereocenters. The number of carboxylic acid groups (broad SMARTS) is 1. The van der Waals surface area contributed by atoms with Gasteiger partial charge in [0.05, 0.1) is 0 Å². The summed E-state index contributed by atoms with van der Waals surface area (Å²) in [5, 5.41) is 8.96. The van der Waals surface area contributed by atoms with Gasteiger partial charge < -0.3 is 9.67 Å². The van der Waals surface area contributed by atoms with E-state index in [1.165, 1.54) is 41.2 Å². The van der Waals surface area contributed by atoms with E-state index in [4.69, 9.17) is 5.11 Å². The van der Waals surface area contributed by atoms with Gasteiger partial charge in [0.1, 0.15) is 23.1 Å². The number of hydrogen-bond donors (Lipinski definition) is 2. The molecule has 2 aromatic carbocycles. The minimum atomic E-state index is -4.13. The number of nitrogens with zero attached hydrogens (tertiary/aromatic N) is 2. The van der Waals surface area contributed by atoms with Crippen molar-refractivity contribution in [3.8, 4) is 11.4 Å². The second-order valence-corrected chi connectivity index (χ2v) is 7.54. The van der Waals surface area contributed by atoms with E-state index >= 15 is 0 Å². The molecule has 9 heteroatoms. The van der Waals surface area contributed by atoms with Gasteiger partial charge in [-0.3, -0.25) is 9.52 Å². The van der Waals surface area contributed by atoms with Crippen LogP contribution in [-0.2, 0) is 21.4 Å². The zero-order chi connectivity index (χ0) is 19.6. The zero-order valence-corrected chi connectivity index (χ0v) is 15.1. The highest BCUT2D eigenvalue weighted by Crippen LogP contribution is 2.24. The third-order valence-corrected chi connectivity index (χ3v) is 5.17. The third-order valence-electron chi connectivity index (χ3n) is 3.77. The summed E-state index contributed by atoms with van der Waals surface area (Å²) in [5.74, 6) is -1.50. The van der Waals surface area contributed by atoms with Crippen molar-refractivity contribution in [2.75, 3.05) is 4.72 Å². The molecule has 2 N–H and O–H groups in total. The summed E-state index contributed by atoms with van der Waals surface area (Å²) in [6, 6.07) is 10.1. The van der Waals surface area contributed by atoms with E-state index in [1.807, 2.05) is 0 Å². The molecule has 0 aliphatic heterocycles. The Morgan fingerprint density at radius 1 is 1.26 bits per heavy atom. The number of nitrogens with one attached hydrogen (secondary N) is 1. The van der Waals surface area contributed by atoms with Gasteiger partial charge in [0.25, 0.3) is 10.0 Å². The molecule has 0 amide bonds. The van der Waals surface area contributed by atoms with Crippen LogP contribution in [0, 0.1) is 12.7 Å². The molecule has 7 nitrogen and oxygen atoms in total. The normalized spacial score (nSPS) is 11.3. The monoisotopic (exact) mass is 389 g/mol. The van der Waals surface area contributed by atoms with E-state index in [1.54, 1.807) is 19.1 Å². The van der Waals surface area contributed by atoms with Gasteiger partial charge in [-0.25, -0.2) is 17.8 Å². The van der Waals surface area contributed by atoms with Crippen LogP contribution >= 0.6 is 0 Å². The number of hydrogen-bond acceptors (Lipinski definition) is 4. The largest absolute Gasteiger partial charge is 0.480 e. The van der Waals surface area contributed by atoms with E-state index in [2.05, 4.69) is 9.71 Å². The van der Waals surface area contributed by atoms with Crippen LogP contribution in [0.5, 0.6) is 0 Å². The Bertz CT molecular complexity index is 1110. The molecule has 27 heavy (non-hydrogen) atoms. The first kappa shape index (κ1) is 18.6. The van der Waals surface area contributed by atoms with Gasteiger partial charge in [-0.2, -0.15) is 0 Å². The maximum atomic E-state index is 14.0. The molecule has 1 aromatic heterocycles. The number of aliphatic carboxylic acids is 1. The highest BCUT2D eigenvalue weighted by molar-refractivity contribution is 7.92. The minimum Gasteiger partial charge on any atom is -0.480 e. The molecule has 0 aliphatic carbocycles. The van der Waals surface area contributed by atoms with Crippen molar-refractivity contribution in [2.45, 2.75) is 18.4 Å². The van der Waals surface area contributed by atoms with Crippen molar-refractivity contribution in [3.05, 3.63) is 66.2 Å². The number of rotatable bonds is 6. The van der Waals surface area contributed by atoms with Crippen molar-refractivity contribution in [3.63, 3.8) is 0 Å². The van der Waals surface area contributed by atoms with E-state index in [0.717, 1.165) is 6.07 Å². The molecule has 140 valence electrons. The van der Waals surface area contributed by atoms with Crippen LogP contribution in [0.3, 0.4) is 0 Å². The number of carboxylic acids is 1. The number of carbonyl (C=O) groups is 1. The van der Waals surface area contributed by atoms with E-state index in [-0.39, 0.29) is 12.2 Å². The zero-order valence-electron chi connectivity index (χ0n) is 14.3. The number of aryl methyl sites for hydroxylation is 1. The molecule has 0 unspecified atom stereocenters. The molecule has 0 radical (unpaired) electrons. The van der Waals surface area contributed by atoms with Crippen LogP contribution in [0.4, 0.5) is 10.1 Å². The number of anilines is 1. The minimum absolute atomic E-state index is 0.207. The average molecular weight is 389 g/mol. The average Bonchev–Trinajstić information content (AvgIpc) is 3.04. The topological polar surface area (TPSA) is 101 Å². The lowest BCUT2D eigenvalue weighted by molar-refractivity contribution is -0.137. The molecule has 3 aromatic rings. The summed E-state index contributed by atoms with van der Waals surface area (Å²) in [5.41, 5.74) is 1.34. The van der Waals surface area contributed by atoms with E-state index < -0.39 is 26.7 Å². The first-order chi connectivity index (χ1) is 12.8. The second kappa shape index (κ2) is 7.20. The lowest BCUT2D eigenvalue weighted by atomic mass is 10.2. The fourth-order valence-corrected chi connectivity index (χ4v) is 3.80. The summed E-state index contributed by atoms with van der Waals surface area (Å²) in [6.07, 6.45) is 2.97. The summed E-state index contributed by atoms with van der Waals surface area (Å²) in [7, 11) is -4.13. The lowest BCUT2D eigenvalue weighted by Crippen LogP contribution is -2.15. The number of halogens is 1. The Labute approximate surface area is 155 Å². The number of imidazole rings is 1. The Kier molecular flexibility index (Phi) is 4.95. The van der Waals surface area contributed by atoms with Crippen molar-refractivity contribution in [2.24, 2.45) is 0 Å². The third kappa shape index (κ3) is 4.14. The molecule has 0 bridgehead atoms. The van der Waals surface area contributed by atoms with Crippen molar-refractivity contribution >= 4 is 21.7 Å². The van der Waals surface area contributed by atoms with Crippen LogP contribution in [-0.4, -0.2) is 29.0 Å². The summed E-state index contributed by atoms with van der Waals surface area (Å²) < 4.78 is 42.8. The molecule has 1 heterocycles. The second-order valence-electron chi connectivity index (χ2n) is 5.89. The van der Waals surface area contributed by atoms with Crippen molar-refractivity contribution < 1.29 is 22.7 Å². The predicted molar refractivity (Wildman–Crippen MR) is 97.2 cm³/mol. The van der Waals surface area contributed by atoms with Gasteiger partial charge in [0.2, 0.25) is 0 Å². The van der Waals surface area contributed by atoms with Gasteiger partial charge in [0, 0.05) is 23.6 Å². The lowest BCUT2D eigenvalue weighted by Gasteiger charge is -2.11. The number of sulfonamides is 1. The van der Waals surface area contributed by atoms with Gasteiger partial charge in [0.15, 0.2) is 0 Å². The smallest absolute Gasteiger partial charge is 0.323 e. The Morgan fingerprint density at radius 3 is 2.78 bits per heavy atom. The van der Waals surface area contributed by atoms with Crippen LogP contribution in [0.25, 0.3) is 11.4 Å². The molecule has 0 aliphatic rings. The van der Waals surface area contributed by atoms with Crippen LogP contribution in [0.2, 0.25) is 0 Å². The van der Waals surface area contributed by atoms with E-state index in [0.29, 0.717) is 17.0 Å². The molecule has 0 spiro atoms. The van der Waals surface area contributed by atoms with Gasteiger partial charge in [-0.05, 0) is 36.8 Å².